The summed E-state index contributed by atoms with van der Waals surface area (Å²) >= 11 is 0. The van der Waals surface area contributed by atoms with Gasteiger partial charge in [-0.05, 0) is 31.2 Å². The van der Waals surface area contributed by atoms with Gasteiger partial charge in [0.2, 0.25) is 0 Å². The van der Waals surface area contributed by atoms with E-state index in [4.69, 9.17) is 0 Å². The molecular weight excluding hydrogens is 336 g/mol. The molecule has 5 heteroatoms. The first-order valence-corrected chi connectivity index (χ1v) is 10.8. The number of piperidine rings is 1. The number of nitrogens with zero attached hydrogens (tertiary/aromatic N) is 3. The van der Waals surface area contributed by atoms with E-state index in [9.17, 15) is 4.79 Å². The second-order valence-corrected chi connectivity index (χ2v) is 8.45. The molecule has 2 amide bonds. The van der Waals surface area contributed by atoms with Gasteiger partial charge in [0.15, 0.2) is 0 Å². The monoisotopic (exact) mass is 370 g/mol. The van der Waals surface area contributed by atoms with Crippen molar-refractivity contribution < 1.29 is 4.79 Å². The molecule has 0 spiro atoms. The van der Waals surface area contributed by atoms with E-state index in [0.29, 0.717) is 6.04 Å². The fourth-order valence-electron chi connectivity index (χ4n) is 4.90. The Balaban J connectivity index is 1.16. The summed E-state index contributed by atoms with van der Waals surface area (Å²) < 4.78 is 0. The van der Waals surface area contributed by atoms with E-state index in [1.807, 2.05) is 4.90 Å². The van der Waals surface area contributed by atoms with E-state index in [1.54, 1.807) is 0 Å². The minimum atomic E-state index is 0.155. The molecule has 4 rings (SSSR count). The summed E-state index contributed by atoms with van der Waals surface area (Å²) in [7, 11) is 0. The summed E-state index contributed by atoms with van der Waals surface area (Å²) in [6.07, 6.45) is 7.59. The average molecular weight is 371 g/mol. The van der Waals surface area contributed by atoms with Crippen LogP contribution in [0.15, 0.2) is 30.3 Å². The van der Waals surface area contributed by atoms with Crippen LogP contribution in [0.25, 0.3) is 0 Å². The highest BCUT2D eigenvalue weighted by Gasteiger charge is 2.29. The van der Waals surface area contributed by atoms with Crippen LogP contribution in [0.4, 0.5) is 4.79 Å². The van der Waals surface area contributed by atoms with Crippen LogP contribution in [0.2, 0.25) is 0 Å². The molecule has 1 aromatic carbocycles. The number of rotatable bonds is 4. The predicted molar refractivity (Wildman–Crippen MR) is 109 cm³/mol. The molecule has 2 saturated heterocycles. The summed E-state index contributed by atoms with van der Waals surface area (Å²) in [5.41, 5.74) is 1.38. The maximum Gasteiger partial charge on any atom is 0.317 e. The number of hydrogen-bond donors (Lipinski definition) is 1. The van der Waals surface area contributed by atoms with Gasteiger partial charge in [-0.15, -0.1) is 0 Å². The number of carbonyl (C=O) groups excluding carboxylic acids is 1. The Morgan fingerprint density at radius 1 is 0.889 bits per heavy atom. The fraction of sp³-hybridized carbons (Fsp3) is 0.682. The summed E-state index contributed by atoms with van der Waals surface area (Å²) in [6.45, 7) is 7.01. The Kier molecular flexibility index (Phi) is 6.30. The van der Waals surface area contributed by atoms with Gasteiger partial charge in [-0.25, -0.2) is 4.79 Å². The Labute approximate surface area is 163 Å². The Morgan fingerprint density at radius 2 is 1.56 bits per heavy atom. The summed E-state index contributed by atoms with van der Waals surface area (Å²) in [6, 6.07) is 11.9. The summed E-state index contributed by atoms with van der Waals surface area (Å²) in [4.78, 5) is 19.8. The summed E-state index contributed by atoms with van der Waals surface area (Å²) in [5, 5.41) is 3.30. The average Bonchev–Trinajstić information content (AvgIpc) is 3.25. The number of hydrogen-bond acceptors (Lipinski definition) is 3. The zero-order valence-corrected chi connectivity index (χ0v) is 16.5. The van der Waals surface area contributed by atoms with Crippen LogP contribution in [0.5, 0.6) is 0 Å². The molecule has 2 aliphatic heterocycles. The lowest BCUT2D eigenvalue weighted by atomic mass is 10.0. The van der Waals surface area contributed by atoms with Crippen molar-refractivity contribution in [2.45, 2.75) is 57.2 Å². The molecule has 1 saturated carbocycles. The molecule has 0 bridgehead atoms. The first-order chi connectivity index (χ1) is 13.3. The minimum absolute atomic E-state index is 0.155. The van der Waals surface area contributed by atoms with Crippen LogP contribution >= 0.6 is 0 Å². The van der Waals surface area contributed by atoms with E-state index < -0.39 is 0 Å². The molecule has 0 atom stereocenters. The minimum Gasteiger partial charge on any atom is -0.335 e. The second kappa shape index (κ2) is 9.07. The highest BCUT2D eigenvalue weighted by molar-refractivity contribution is 5.74. The van der Waals surface area contributed by atoms with Crippen molar-refractivity contribution >= 4 is 6.03 Å². The quantitative estimate of drug-likeness (QED) is 0.886. The maximum absolute atomic E-state index is 12.6. The normalized spacial score (nSPS) is 23.6. The topological polar surface area (TPSA) is 38.8 Å². The standard InChI is InChI=1S/C22H34N4O/c27-22(26-16-14-25(15-17-26)21-8-4-5-9-21)23-20-10-12-24(13-11-20)18-19-6-2-1-3-7-19/h1-3,6-7,20-21H,4-5,8-18H2,(H,23,27). The van der Waals surface area contributed by atoms with Gasteiger partial charge in [-0.3, -0.25) is 9.80 Å². The number of benzene rings is 1. The number of amides is 2. The molecule has 2 heterocycles. The van der Waals surface area contributed by atoms with Crippen LogP contribution < -0.4 is 5.32 Å². The first kappa shape index (κ1) is 18.8. The zero-order valence-electron chi connectivity index (χ0n) is 16.5. The van der Waals surface area contributed by atoms with E-state index in [1.165, 1.54) is 31.2 Å². The largest absolute Gasteiger partial charge is 0.335 e. The van der Waals surface area contributed by atoms with Crippen LogP contribution in [0, 0.1) is 0 Å². The van der Waals surface area contributed by atoms with Crippen molar-refractivity contribution in [3.05, 3.63) is 35.9 Å². The Bertz CT molecular complexity index is 586. The molecule has 1 N–H and O–H groups in total. The number of piperazine rings is 1. The van der Waals surface area contributed by atoms with Gasteiger partial charge in [-0.2, -0.15) is 0 Å². The lowest BCUT2D eigenvalue weighted by Gasteiger charge is -2.39. The molecule has 148 valence electrons. The van der Waals surface area contributed by atoms with E-state index >= 15 is 0 Å². The summed E-state index contributed by atoms with van der Waals surface area (Å²) in [5.74, 6) is 0. The molecular formula is C22H34N4O. The van der Waals surface area contributed by atoms with Gasteiger partial charge in [0, 0.05) is 57.9 Å². The Hall–Kier alpha value is -1.59. The molecule has 1 aliphatic carbocycles. The lowest BCUT2D eigenvalue weighted by Crippen LogP contribution is -2.56. The zero-order chi connectivity index (χ0) is 18.5. The maximum atomic E-state index is 12.6. The van der Waals surface area contributed by atoms with Gasteiger partial charge in [0.1, 0.15) is 0 Å². The van der Waals surface area contributed by atoms with Crippen LogP contribution in [-0.2, 0) is 6.54 Å². The van der Waals surface area contributed by atoms with Crippen molar-refractivity contribution in [1.82, 2.24) is 20.0 Å². The predicted octanol–water partition coefficient (Wildman–Crippen LogP) is 2.92. The van der Waals surface area contributed by atoms with Gasteiger partial charge in [0.25, 0.3) is 0 Å². The fourth-order valence-corrected chi connectivity index (χ4v) is 4.90. The van der Waals surface area contributed by atoms with Gasteiger partial charge in [-0.1, -0.05) is 43.2 Å². The van der Waals surface area contributed by atoms with E-state index in [-0.39, 0.29) is 6.03 Å². The number of nitrogens with one attached hydrogen (secondary N) is 1. The van der Waals surface area contributed by atoms with E-state index in [0.717, 1.165) is 64.7 Å². The Morgan fingerprint density at radius 3 is 2.22 bits per heavy atom. The molecule has 0 unspecified atom stereocenters. The van der Waals surface area contributed by atoms with Crippen LogP contribution in [0.1, 0.15) is 44.1 Å². The number of likely N-dealkylation sites (tertiary alicyclic amines) is 1. The second-order valence-electron chi connectivity index (χ2n) is 8.45. The SMILES string of the molecule is O=C(NC1CCN(Cc2ccccc2)CC1)N1CCN(C2CCCC2)CC1. The molecule has 0 aromatic heterocycles. The lowest BCUT2D eigenvalue weighted by molar-refractivity contribution is 0.105. The number of carbonyl (C=O) groups is 1. The molecule has 27 heavy (non-hydrogen) atoms. The molecule has 1 aromatic rings. The van der Waals surface area contributed by atoms with Gasteiger partial charge in [0.05, 0.1) is 0 Å². The van der Waals surface area contributed by atoms with Gasteiger partial charge >= 0.3 is 6.03 Å². The molecule has 3 aliphatic rings. The van der Waals surface area contributed by atoms with Crippen LogP contribution in [-0.4, -0.2) is 72.1 Å². The first-order valence-electron chi connectivity index (χ1n) is 10.8. The van der Waals surface area contributed by atoms with Gasteiger partial charge < -0.3 is 10.2 Å². The number of urea groups is 1. The van der Waals surface area contributed by atoms with Crippen LogP contribution in [0.3, 0.4) is 0 Å². The third-order valence-electron chi connectivity index (χ3n) is 6.61. The molecule has 5 nitrogen and oxygen atoms in total. The highest BCUT2D eigenvalue weighted by Crippen LogP contribution is 2.24. The van der Waals surface area contributed by atoms with Crippen molar-refractivity contribution in [2.75, 3.05) is 39.3 Å². The van der Waals surface area contributed by atoms with Crippen molar-refractivity contribution in [2.24, 2.45) is 0 Å². The molecule has 3 fully saturated rings. The highest BCUT2D eigenvalue weighted by atomic mass is 16.2. The van der Waals surface area contributed by atoms with Crippen molar-refractivity contribution in [1.29, 1.82) is 0 Å². The van der Waals surface area contributed by atoms with E-state index in [2.05, 4.69) is 45.4 Å². The smallest absolute Gasteiger partial charge is 0.317 e. The van der Waals surface area contributed by atoms with Crippen molar-refractivity contribution in [3.63, 3.8) is 0 Å². The molecule has 0 radical (unpaired) electrons. The third kappa shape index (κ3) is 5.02. The third-order valence-corrected chi connectivity index (χ3v) is 6.61. The van der Waals surface area contributed by atoms with Crippen molar-refractivity contribution in [3.8, 4) is 0 Å².